The second-order valence-electron chi connectivity index (χ2n) is 16.2. The third-order valence-corrected chi connectivity index (χ3v) is 15.5. The molecule has 8 bridgehead atoms. The molecule has 11 nitrogen and oxygen atoms in total. The van der Waals surface area contributed by atoms with Gasteiger partial charge in [0.1, 0.15) is 0 Å². The van der Waals surface area contributed by atoms with Crippen molar-refractivity contribution in [2.45, 2.75) is 151 Å². The molecule has 9 fully saturated rings. The average molecular weight is 733 g/mol. The van der Waals surface area contributed by atoms with Crippen molar-refractivity contribution < 1.29 is 30.3 Å². The van der Waals surface area contributed by atoms with Crippen LogP contribution in [0.1, 0.15) is 96.3 Å². The molecule has 14 heteroatoms. The summed E-state index contributed by atoms with van der Waals surface area (Å²) in [7, 11) is 0.359. The van der Waals surface area contributed by atoms with Crippen LogP contribution in [0, 0.1) is 47.3 Å². The summed E-state index contributed by atoms with van der Waals surface area (Å²) in [6.07, 6.45) is 18.5. The summed E-state index contributed by atoms with van der Waals surface area (Å²) in [6.45, 7) is 0. The van der Waals surface area contributed by atoms with Crippen LogP contribution < -0.4 is 42.5 Å². The number of fused-ring (bicyclic) bond motifs is 20. The molecule has 5 heterocycles. The van der Waals surface area contributed by atoms with Gasteiger partial charge in [-0.3, -0.25) is 42.5 Å². The van der Waals surface area contributed by atoms with E-state index in [1.54, 1.807) is 0 Å². The van der Waals surface area contributed by atoms with Crippen molar-refractivity contribution in [3.8, 4) is 0 Å². The zero-order valence-corrected chi connectivity index (χ0v) is 31.7. The maximum atomic E-state index is 12.7. The molecule has 8 N–H and O–H groups in total. The Morgan fingerprint density at radius 3 is 0.978 bits per heavy atom. The number of nitrogens with one attached hydrogen (secondary N) is 8. The van der Waals surface area contributed by atoms with Gasteiger partial charge in [0.05, 0.1) is 64.7 Å². The first-order chi connectivity index (χ1) is 22.4. The van der Waals surface area contributed by atoms with Gasteiger partial charge in [0.15, 0.2) is 0 Å². The standard InChI is InChI=1S/C32H56N8O3S.ClH.Zn/c41-44(42,43)23-15-7-14-22-24(23)32-39-30-21-13-6-5-12-20(21)28(37-30)35-26-17-9-2-1-8-16(17)25(33-26)34-27-18-10-3-4-11-19(18)29(36-27)38-31(22)40-32;;/h16-40H,1-15H2,(H,41,42,43);1H;/q;;+2/p-2. The van der Waals surface area contributed by atoms with Crippen LogP contribution in [-0.4, -0.2) is 67.5 Å². The minimum absolute atomic E-state index is 0.0250. The Balaban J connectivity index is 0.00000153. The molecule has 17 atom stereocenters. The van der Waals surface area contributed by atoms with Crippen molar-refractivity contribution in [2.24, 2.45) is 47.3 Å². The Morgan fingerprint density at radius 2 is 0.674 bits per heavy atom. The van der Waals surface area contributed by atoms with Crippen LogP contribution in [-0.2, 0) is 27.4 Å². The maximum absolute atomic E-state index is 12.7. The van der Waals surface area contributed by atoms with Gasteiger partial charge in [-0.15, -0.1) is 0 Å². The molecular weight excluding hydrogens is 677 g/mol. The summed E-state index contributed by atoms with van der Waals surface area (Å²) in [5, 5.41) is 31.5. The molecule has 0 spiro atoms. The van der Waals surface area contributed by atoms with E-state index >= 15 is 0 Å². The van der Waals surface area contributed by atoms with Crippen LogP contribution in [0.25, 0.3) is 0 Å². The van der Waals surface area contributed by atoms with Gasteiger partial charge < -0.3 is 4.55 Å². The van der Waals surface area contributed by atoms with E-state index in [0.717, 1.165) is 30.2 Å². The van der Waals surface area contributed by atoms with Crippen LogP contribution in [0.2, 0.25) is 0 Å². The molecule has 4 saturated carbocycles. The predicted octanol–water partition coefficient (Wildman–Crippen LogP) is 1.82. The summed E-state index contributed by atoms with van der Waals surface area (Å²) in [5.41, 5.74) is 0. The predicted molar refractivity (Wildman–Crippen MR) is 172 cm³/mol. The van der Waals surface area contributed by atoms with E-state index in [2.05, 4.69) is 42.5 Å². The van der Waals surface area contributed by atoms with Gasteiger partial charge in [-0.05, 0) is 92.8 Å². The Kier molecular flexibility index (Phi) is 10.2. The van der Waals surface area contributed by atoms with Crippen LogP contribution >= 0.6 is 9.69 Å². The zero-order chi connectivity index (χ0) is 31.6. The summed E-state index contributed by atoms with van der Waals surface area (Å²) < 4.78 is 38.1. The Labute approximate surface area is 289 Å². The van der Waals surface area contributed by atoms with E-state index in [-0.39, 0.29) is 55.0 Å². The van der Waals surface area contributed by atoms with Crippen molar-refractivity contribution in [1.82, 2.24) is 42.5 Å². The fourth-order valence-corrected chi connectivity index (χ4v) is 13.5. The second kappa shape index (κ2) is 13.9. The van der Waals surface area contributed by atoms with E-state index < -0.39 is 15.4 Å². The molecule has 5 saturated heterocycles. The van der Waals surface area contributed by atoms with Gasteiger partial charge in [-0.25, -0.2) is 8.42 Å². The van der Waals surface area contributed by atoms with Crippen molar-refractivity contribution in [3.63, 3.8) is 0 Å². The van der Waals surface area contributed by atoms with Crippen molar-refractivity contribution >= 4 is 19.8 Å². The first-order valence-electron chi connectivity index (χ1n) is 18.7. The van der Waals surface area contributed by atoms with Crippen molar-refractivity contribution in [1.29, 1.82) is 0 Å². The fraction of sp³-hybridized carbons (Fsp3) is 1.00. The van der Waals surface area contributed by atoms with E-state index in [4.69, 9.17) is 9.69 Å². The van der Waals surface area contributed by atoms with E-state index in [1.165, 1.54) is 77.0 Å². The SMILES string of the molecule is O=S(=O)([O-])C1CCCC2C3NC4NC(NC5NC(NC6NC(NC(N3)C21)C1CCCCC61)C1CCCCC51)C1CCCCC41.[Cl][Zn+]. The molecule has 0 amide bonds. The third-order valence-electron chi connectivity index (χ3n) is 14.2. The molecule has 0 aromatic rings. The quantitative estimate of drug-likeness (QED) is 0.147. The van der Waals surface area contributed by atoms with E-state index in [0.29, 0.717) is 48.1 Å². The van der Waals surface area contributed by atoms with Crippen LogP contribution in [0.5, 0.6) is 0 Å². The molecule has 0 aromatic carbocycles. The summed E-state index contributed by atoms with van der Waals surface area (Å²) >= 11 is 0.847. The van der Waals surface area contributed by atoms with Crippen molar-refractivity contribution in [3.05, 3.63) is 0 Å². The summed E-state index contributed by atoms with van der Waals surface area (Å²) in [4.78, 5) is 0. The Morgan fingerprint density at radius 1 is 0.413 bits per heavy atom. The molecule has 5 aliphatic heterocycles. The molecule has 17 unspecified atom stereocenters. The van der Waals surface area contributed by atoms with Crippen LogP contribution in [0.3, 0.4) is 0 Å². The number of hydrogen-bond acceptors (Lipinski definition) is 11. The Bertz CT molecular complexity index is 1190. The average Bonchev–Trinajstić information content (AvgIpc) is 3.81. The van der Waals surface area contributed by atoms with Crippen LogP contribution in [0.15, 0.2) is 0 Å². The first-order valence-corrected chi connectivity index (χ1v) is 24.1. The van der Waals surface area contributed by atoms with E-state index in [1.807, 2.05) is 0 Å². The first kappa shape index (κ1) is 33.6. The summed E-state index contributed by atoms with van der Waals surface area (Å²) in [6, 6.07) is 0. The molecule has 9 rings (SSSR count). The normalized spacial score (nSPS) is 53.3. The molecule has 9 aliphatic rings. The molecule has 0 aromatic heterocycles. The van der Waals surface area contributed by atoms with Gasteiger partial charge in [-0.1, -0.05) is 44.9 Å². The number of rotatable bonds is 1. The molecule has 256 valence electrons. The van der Waals surface area contributed by atoms with Gasteiger partial charge in [0.2, 0.25) is 0 Å². The topological polar surface area (TPSA) is 153 Å². The van der Waals surface area contributed by atoms with Crippen molar-refractivity contribution in [2.75, 3.05) is 0 Å². The fourth-order valence-electron chi connectivity index (χ4n) is 12.3. The second-order valence-corrected chi connectivity index (χ2v) is 17.8. The zero-order valence-electron chi connectivity index (χ0n) is 27.1. The molecule has 0 radical (unpaired) electrons. The summed E-state index contributed by atoms with van der Waals surface area (Å²) in [5.74, 6) is 3.34. The molecule has 4 aliphatic carbocycles. The molecular formula is C32H55ClN8O3SZn. The molecule has 46 heavy (non-hydrogen) atoms. The van der Waals surface area contributed by atoms with Crippen LogP contribution in [0.4, 0.5) is 0 Å². The number of halogens is 1. The van der Waals surface area contributed by atoms with E-state index in [9.17, 15) is 13.0 Å². The third kappa shape index (κ3) is 6.10. The number of hydrogen-bond donors (Lipinski definition) is 8. The van der Waals surface area contributed by atoms with Gasteiger partial charge in [0, 0.05) is 5.92 Å². The van der Waals surface area contributed by atoms with Gasteiger partial charge in [0.25, 0.3) is 0 Å². The minimum atomic E-state index is -4.41. The monoisotopic (exact) mass is 730 g/mol. The van der Waals surface area contributed by atoms with Gasteiger partial charge in [-0.2, -0.15) is 0 Å². The Hall–Kier alpha value is 0.503. The van der Waals surface area contributed by atoms with Gasteiger partial charge >= 0.3 is 27.0 Å².